The van der Waals surface area contributed by atoms with Crippen LogP contribution in [0.4, 0.5) is 8.78 Å². The fraction of sp³-hybridized carbons (Fsp3) is 0.500. The first-order valence-corrected chi connectivity index (χ1v) is 5.37. The van der Waals surface area contributed by atoms with Gasteiger partial charge in [0.1, 0.15) is 6.10 Å². The lowest BCUT2D eigenvalue weighted by Gasteiger charge is -2.10. The second-order valence-corrected chi connectivity index (χ2v) is 3.78. The van der Waals surface area contributed by atoms with Gasteiger partial charge in [0.15, 0.2) is 0 Å². The van der Waals surface area contributed by atoms with Crippen LogP contribution in [0.15, 0.2) is 24.3 Å². The van der Waals surface area contributed by atoms with Crippen LogP contribution in [-0.4, -0.2) is 31.3 Å². The molecular formula is C12H17F2NO2. The van der Waals surface area contributed by atoms with Gasteiger partial charge >= 0.3 is 0 Å². The molecule has 0 aromatic heterocycles. The number of alkyl halides is 2. The van der Waals surface area contributed by atoms with E-state index in [0.717, 1.165) is 11.1 Å². The topological polar surface area (TPSA) is 41.5 Å². The first-order chi connectivity index (χ1) is 8.13. The Bertz CT molecular complexity index is 317. The zero-order chi connectivity index (χ0) is 12.7. The Balaban J connectivity index is 2.32. The zero-order valence-corrected chi connectivity index (χ0v) is 9.70. The molecule has 0 aliphatic carbocycles. The minimum atomic E-state index is -2.70. The number of nitrogens with one attached hydrogen (secondary N) is 1. The molecule has 0 amide bonds. The molecule has 0 radical (unpaired) electrons. The molecule has 1 aromatic carbocycles. The molecule has 0 aliphatic heterocycles. The van der Waals surface area contributed by atoms with Gasteiger partial charge in [0.25, 0.3) is 6.43 Å². The van der Waals surface area contributed by atoms with E-state index in [-0.39, 0.29) is 6.54 Å². The summed E-state index contributed by atoms with van der Waals surface area (Å²) < 4.78 is 29.0. The Morgan fingerprint density at radius 1 is 1.24 bits per heavy atom. The van der Waals surface area contributed by atoms with Crippen molar-refractivity contribution >= 4 is 0 Å². The molecule has 1 unspecified atom stereocenters. The molecule has 1 aromatic rings. The van der Waals surface area contributed by atoms with Gasteiger partial charge in [-0.3, -0.25) is 0 Å². The van der Waals surface area contributed by atoms with E-state index in [0.29, 0.717) is 13.2 Å². The number of rotatable bonds is 7. The average Bonchev–Trinajstić information content (AvgIpc) is 2.31. The maximum atomic E-state index is 12.0. The SMILES string of the molecule is COCc1ccc(CNCC(O)C(F)F)cc1. The monoisotopic (exact) mass is 245 g/mol. The maximum Gasteiger partial charge on any atom is 0.265 e. The largest absolute Gasteiger partial charge is 0.386 e. The molecule has 0 saturated carbocycles. The zero-order valence-electron chi connectivity index (χ0n) is 9.70. The molecule has 17 heavy (non-hydrogen) atoms. The lowest BCUT2D eigenvalue weighted by atomic mass is 10.1. The van der Waals surface area contributed by atoms with E-state index in [1.54, 1.807) is 7.11 Å². The average molecular weight is 245 g/mol. The lowest BCUT2D eigenvalue weighted by Crippen LogP contribution is -2.31. The Morgan fingerprint density at radius 2 is 1.82 bits per heavy atom. The molecule has 1 rings (SSSR count). The number of aliphatic hydroxyl groups is 1. The Morgan fingerprint density at radius 3 is 2.35 bits per heavy atom. The quantitative estimate of drug-likeness (QED) is 0.765. The molecule has 0 heterocycles. The van der Waals surface area contributed by atoms with Crippen LogP contribution in [0.2, 0.25) is 0 Å². The van der Waals surface area contributed by atoms with Crippen molar-refractivity contribution in [3.63, 3.8) is 0 Å². The molecule has 0 fully saturated rings. The molecule has 3 nitrogen and oxygen atoms in total. The number of hydrogen-bond acceptors (Lipinski definition) is 3. The molecular weight excluding hydrogens is 228 g/mol. The summed E-state index contributed by atoms with van der Waals surface area (Å²) in [7, 11) is 1.63. The van der Waals surface area contributed by atoms with E-state index in [1.165, 1.54) is 0 Å². The van der Waals surface area contributed by atoms with Crippen molar-refractivity contribution in [1.29, 1.82) is 0 Å². The number of halogens is 2. The first kappa shape index (κ1) is 14.0. The fourth-order valence-electron chi connectivity index (χ4n) is 1.37. The molecule has 0 spiro atoms. The van der Waals surface area contributed by atoms with Crippen molar-refractivity contribution in [1.82, 2.24) is 5.32 Å². The summed E-state index contributed by atoms with van der Waals surface area (Å²) in [4.78, 5) is 0. The van der Waals surface area contributed by atoms with Gasteiger partial charge in [0, 0.05) is 20.2 Å². The third-order valence-corrected chi connectivity index (χ3v) is 2.31. The summed E-state index contributed by atoms with van der Waals surface area (Å²) in [5.41, 5.74) is 2.04. The lowest BCUT2D eigenvalue weighted by molar-refractivity contribution is -0.00340. The minimum Gasteiger partial charge on any atom is -0.386 e. The highest BCUT2D eigenvalue weighted by Gasteiger charge is 2.15. The van der Waals surface area contributed by atoms with Crippen LogP contribution in [0.1, 0.15) is 11.1 Å². The second-order valence-electron chi connectivity index (χ2n) is 3.78. The number of benzene rings is 1. The van der Waals surface area contributed by atoms with Crippen molar-refractivity contribution in [2.75, 3.05) is 13.7 Å². The van der Waals surface area contributed by atoms with Crippen LogP contribution in [0.5, 0.6) is 0 Å². The molecule has 2 N–H and O–H groups in total. The standard InChI is InChI=1S/C12H17F2NO2/c1-17-8-10-4-2-9(3-5-10)6-15-7-11(16)12(13)14/h2-5,11-12,15-16H,6-8H2,1H3. The molecule has 0 saturated heterocycles. The molecule has 5 heteroatoms. The van der Waals surface area contributed by atoms with Crippen molar-refractivity contribution < 1.29 is 18.6 Å². The second kappa shape index (κ2) is 7.32. The summed E-state index contributed by atoms with van der Waals surface area (Å²) in [5, 5.41) is 11.7. The summed E-state index contributed by atoms with van der Waals surface area (Å²) in [6.07, 6.45) is -4.31. The first-order valence-electron chi connectivity index (χ1n) is 5.37. The maximum absolute atomic E-state index is 12.0. The normalized spacial score (nSPS) is 13.0. The highest BCUT2D eigenvalue weighted by atomic mass is 19.3. The number of hydrogen-bond donors (Lipinski definition) is 2. The van der Waals surface area contributed by atoms with E-state index in [4.69, 9.17) is 9.84 Å². The van der Waals surface area contributed by atoms with E-state index in [9.17, 15) is 8.78 Å². The summed E-state index contributed by atoms with van der Waals surface area (Å²) in [5.74, 6) is 0. The van der Waals surface area contributed by atoms with Crippen LogP contribution < -0.4 is 5.32 Å². The van der Waals surface area contributed by atoms with Crippen LogP contribution in [-0.2, 0) is 17.9 Å². The smallest absolute Gasteiger partial charge is 0.265 e. The highest BCUT2D eigenvalue weighted by molar-refractivity contribution is 5.21. The van der Waals surface area contributed by atoms with E-state index >= 15 is 0 Å². The Labute approximate surface area is 99.4 Å². The summed E-state index contributed by atoms with van der Waals surface area (Å²) >= 11 is 0. The molecule has 1 atom stereocenters. The van der Waals surface area contributed by atoms with Gasteiger partial charge in [0.05, 0.1) is 6.61 Å². The van der Waals surface area contributed by atoms with Crippen molar-refractivity contribution in [3.05, 3.63) is 35.4 Å². The van der Waals surface area contributed by atoms with E-state index < -0.39 is 12.5 Å². The fourth-order valence-corrected chi connectivity index (χ4v) is 1.37. The number of ether oxygens (including phenoxy) is 1. The van der Waals surface area contributed by atoms with Gasteiger partial charge in [-0.1, -0.05) is 24.3 Å². The van der Waals surface area contributed by atoms with Gasteiger partial charge in [-0.25, -0.2) is 8.78 Å². The van der Waals surface area contributed by atoms with Crippen LogP contribution >= 0.6 is 0 Å². The summed E-state index contributed by atoms with van der Waals surface area (Å²) in [6, 6.07) is 7.64. The predicted molar refractivity (Wildman–Crippen MR) is 60.9 cm³/mol. The van der Waals surface area contributed by atoms with Crippen LogP contribution in [0.25, 0.3) is 0 Å². The molecule has 0 aliphatic rings. The third kappa shape index (κ3) is 5.21. The van der Waals surface area contributed by atoms with Gasteiger partial charge in [0.2, 0.25) is 0 Å². The van der Waals surface area contributed by atoms with Crippen molar-refractivity contribution in [3.8, 4) is 0 Å². The third-order valence-electron chi connectivity index (χ3n) is 2.31. The van der Waals surface area contributed by atoms with Gasteiger partial charge in [-0.15, -0.1) is 0 Å². The Hall–Kier alpha value is -1.04. The number of aliphatic hydroxyl groups excluding tert-OH is 1. The van der Waals surface area contributed by atoms with Crippen molar-refractivity contribution in [2.24, 2.45) is 0 Å². The molecule has 96 valence electrons. The van der Waals surface area contributed by atoms with Crippen molar-refractivity contribution in [2.45, 2.75) is 25.7 Å². The van der Waals surface area contributed by atoms with E-state index in [1.807, 2.05) is 24.3 Å². The van der Waals surface area contributed by atoms with Crippen LogP contribution in [0.3, 0.4) is 0 Å². The van der Waals surface area contributed by atoms with Gasteiger partial charge < -0.3 is 15.2 Å². The van der Waals surface area contributed by atoms with Gasteiger partial charge in [-0.2, -0.15) is 0 Å². The predicted octanol–water partition coefficient (Wildman–Crippen LogP) is 1.55. The minimum absolute atomic E-state index is 0.114. The number of methoxy groups -OCH3 is 1. The highest BCUT2D eigenvalue weighted by Crippen LogP contribution is 2.05. The van der Waals surface area contributed by atoms with E-state index in [2.05, 4.69) is 5.32 Å². The molecule has 0 bridgehead atoms. The van der Waals surface area contributed by atoms with Crippen LogP contribution in [0, 0.1) is 0 Å². The Kier molecular flexibility index (Phi) is 6.04. The summed E-state index contributed by atoms with van der Waals surface area (Å²) in [6.45, 7) is 0.895. The van der Waals surface area contributed by atoms with Gasteiger partial charge in [-0.05, 0) is 11.1 Å².